The summed E-state index contributed by atoms with van der Waals surface area (Å²) in [6.45, 7) is 10.1. The number of aromatic nitrogens is 1. The Balaban J connectivity index is 1.77. The third kappa shape index (κ3) is 5.99. The summed E-state index contributed by atoms with van der Waals surface area (Å²) in [5.41, 5.74) is 1.77. The first-order chi connectivity index (χ1) is 15.3. The minimum Gasteiger partial charge on any atom is -0.355 e. The normalized spacial score (nSPS) is 19.2. The van der Waals surface area contributed by atoms with E-state index in [2.05, 4.69) is 55.3 Å². The molecule has 1 aromatic heterocycles. The quantitative estimate of drug-likeness (QED) is 0.394. The van der Waals surface area contributed by atoms with Crippen molar-refractivity contribution in [2.45, 2.75) is 64.6 Å². The first-order valence-corrected chi connectivity index (χ1v) is 11.7. The van der Waals surface area contributed by atoms with E-state index in [4.69, 9.17) is 23.2 Å². The van der Waals surface area contributed by atoms with Crippen molar-refractivity contribution in [2.75, 3.05) is 7.05 Å². The molecule has 3 N–H and O–H groups in total. The summed E-state index contributed by atoms with van der Waals surface area (Å²) >= 11 is 12.2. The van der Waals surface area contributed by atoms with E-state index >= 15 is 0 Å². The van der Waals surface area contributed by atoms with Crippen molar-refractivity contribution in [2.24, 2.45) is 0 Å². The molecule has 0 bridgehead atoms. The highest BCUT2D eigenvalue weighted by Crippen LogP contribution is 2.36. The Morgan fingerprint density at radius 2 is 1.70 bits per heavy atom. The van der Waals surface area contributed by atoms with E-state index in [1.807, 2.05) is 12.1 Å². The third-order valence-electron chi connectivity index (χ3n) is 6.42. The average Bonchev–Trinajstić information content (AvgIpc) is 3.06. The van der Waals surface area contributed by atoms with Gasteiger partial charge in [-0.1, -0.05) is 29.3 Å². The second-order valence-electron chi connectivity index (χ2n) is 9.96. The molecule has 1 aliphatic rings. The number of carbonyl (C=O) groups excluding carboxylic acids is 2. The van der Waals surface area contributed by atoms with E-state index in [0.29, 0.717) is 10.0 Å². The molecule has 178 valence electrons. The van der Waals surface area contributed by atoms with Crippen molar-refractivity contribution in [3.63, 3.8) is 0 Å². The van der Waals surface area contributed by atoms with Crippen LogP contribution in [0, 0.1) is 0 Å². The molecule has 2 aromatic rings. The molecular formula is C25H32Cl2N4O2. The van der Waals surface area contributed by atoms with Crippen molar-refractivity contribution in [3.05, 3.63) is 51.8 Å². The molecule has 6 nitrogen and oxygen atoms in total. The molecule has 1 fully saturated rings. The first kappa shape index (κ1) is 25.3. The van der Waals surface area contributed by atoms with Crippen molar-refractivity contribution < 1.29 is 9.59 Å². The van der Waals surface area contributed by atoms with Gasteiger partial charge in [-0.3, -0.25) is 14.5 Å². The summed E-state index contributed by atoms with van der Waals surface area (Å²) in [4.78, 5) is 30.4. The number of halogens is 2. The lowest BCUT2D eigenvalue weighted by molar-refractivity contribution is -0.123. The van der Waals surface area contributed by atoms with Gasteiger partial charge in [0.1, 0.15) is 5.70 Å². The Bertz CT molecular complexity index is 1070. The molecular weight excluding hydrogens is 459 g/mol. The Kier molecular flexibility index (Phi) is 7.32. The predicted molar refractivity (Wildman–Crippen MR) is 136 cm³/mol. The number of H-pyrrole nitrogens is 1. The Morgan fingerprint density at radius 3 is 2.30 bits per heavy atom. The molecule has 3 rings (SSSR count). The molecule has 0 unspecified atom stereocenters. The standard InChI is InChI=1S/C25H32Cl2N4O2/c1-15(32)28-21(23(33)30-18-13-24(2,3)31(6)25(4,5)14-18)9-7-8-17-10-16-11-19(26)20(27)12-22(16)29-17/h7-12,18,29H,13-14H2,1-6H3,(H,28,32)(H,30,33)/b8-7+,21-9-. The maximum absolute atomic E-state index is 13.0. The monoisotopic (exact) mass is 490 g/mol. The number of fused-ring (bicyclic) bond motifs is 1. The van der Waals surface area contributed by atoms with Crippen molar-refractivity contribution in [3.8, 4) is 0 Å². The highest BCUT2D eigenvalue weighted by molar-refractivity contribution is 6.42. The van der Waals surface area contributed by atoms with Gasteiger partial charge >= 0.3 is 0 Å². The maximum Gasteiger partial charge on any atom is 0.268 e. The molecule has 2 amide bonds. The SMILES string of the molecule is CC(=O)N/C(=C\C=C\c1cc2cc(Cl)c(Cl)cc2[nH]1)C(=O)NC1CC(C)(C)N(C)C(C)(C)C1. The fourth-order valence-corrected chi connectivity index (χ4v) is 4.92. The minimum absolute atomic E-state index is 0.00282. The van der Waals surface area contributed by atoms with E-state index in [1.54, 1.807) is 24.3 Å². The summed E-state index contributed by atoms with van der Waals surface area (Å²) in [6.07, 6.45) is 6.79. The molecule has 33 heavy (non-hydrogen) atoms. The van der Waals surface area contributed by atoms with Crippen LogP contribution in [0.2, 0.25) is 10.0 Å². The topological polar surface area (TPSA) is 77.2 Å². The molecule has 0 atom stereocenters. The van der Waals surface area contributed by atoms with Crippen LogP contribution >= 0.6 is 23.2 Å². The molecule has 1 saturated heterocycles. The Labute approximate surface area is 205 Å². The van der Waals surface area contributed by atoms with Crippen LogP contribution in [-0.2, 0) is 9.59 Å². The minimum atomic E-state index is -0.302. The summed E-state index contributed by atoms with van der Waals surface area (Å²) in [5.74, 6) is -0.602. The first-order valence-electron chi connectivity index (χ1n) is 11.0. The summed E-state index contributed by atoms with van der Waals surface area (Å²) in [5, 5.41) is 7.67. The van der Waals surface area contributed by atoms with Gasteiger partial charge in [-0.15, -0.1) is 0 Å². The van der Waals surface area contributed by atoms with Crippen molar-refractivity contribution >= 4 is 52.0 Å². The lowest BCUT2D eigenvalue weighted by Crippen LogP contribution is -2.62. The fourth-order valence-electron chi connectivity index (χ4n) is 4.59. The number of allylic oxidation sites excluding steroid dienone is 2. The van der Waals surface area contributed by atoms with Gasteiger partial charge in [0.25, 0.3) is 5.91 Å². The molecule has 0 saturated carbocycles. The number of nitrogens with zero attached hydrogens (tertiary/aromatic N) is 1. The van der Waals surface area contributed by atoms with Gasteiger partial charge in [-0.25, -0.2) is 0 Å². The number of piperidine rings is 1. The van der Waals surface area contributed by atoms with Crippen molar-refractivity contribution in [1.29, 1.82) is 0 Å². The van der Waals surface area contributed by atoms with Crippen LogP contribution in [0.1, 0.15) is 53.2 Å². The van der Waals surface area contributed by atoms with E-state index in [1.165, 1.54) is 6.92 Å². The zero-order valence-corrected chi connectivity index (χ0v) is 21.5. The van der Waals surface area contributed by atoms with Crippen LogP contribution in [-0.4, -0.2) is 45.9 Å². The highest BCUT2D eigenvalue weighted by atomic mass is 35.5. The predicted octanol–water partition coefficient (Wildman–Crippen LogP) is 5.28. The molecule has 0 aliphatic carbocycles. The number of amides is 2. The summed E-state index contributed by atoms with van der Waals surface area (Å²) in [6, 6.07) is 5.50. The summed E-state index contributed by atoms with van der Waals surface area (Å²) < 4.78 is 0. The van der Waals surface area contributed by atoms with Crippen LogP contribution in [0.15, 0.2) is 36.0 Å². The number of nitrogens with one attached hydrogen (secondary N) is 3. The molecule has 1 aromatic carbocycles. The molecule has 1 aliphatic heterocycles. The molecule has 8 heteroatoms. The van der Waals surface area contributed by atoms with Crippen LogP contribution in [0.3, 0.4) is 0 Å². The smallest absolute Gasteiger partial charge is 0.268 e. The lowest BCUT2D eigenvalue weighted by atomic mass is 9.77. The number of benzene rings is 1. The van der Waals surface area contributed by atoms with Crippen LogP contribution in [0.25, 0.3) is 17.0 Å². The van der Waals surface area contributed by atoms with Crippen LogP contribution in [0.4, 0.5) is 0 Å². The van der Waals surface area contributed by atoms with Crippen LogP contribution < -0.4 is 10.6 Å². The third-order valence-corrected chi connectivity index (χ3v) is 7.14. The average molecular weight is 491 g/mol. The lowest BCUT2D eigenvalue weighted by Gasteiger charge is -2.53. The van der Waals surface area contributed by atoms with Gasteiger partial charge in [0.2, 0.25) is 5.91 Å². The fraction of sp³-hybridized carbons (Fsp3) is 0.440. The summed E-state index contributed by atoms with van der Waals surface area (Å²) in [7, 11) is 2.12. The molecule has 0 radical (unpaired) electrons. The highest BCUT2D eigenvalue weighted by Gasteiger charge is 2.43. The van der Waals surface area contributed by atoms with Gasteiger partial charge < -0.3 is 15.6 Å². The number of likely N-dealkylation sites (tertiary alicyclic amines) is 1. The number of hydrogen-bond acceptors (Lipinski definition) is 3. The number of hydrogen-bond donors (Lipinski definition) is 3. The van der Waals surface area contributed by atoms with Crippen LogP contribution in [0.5, 0.6) is 0 Å². The van der Waals surface area contributed by atoms with E-state index < -0.39 is 0 Å². The zero-order chi connectivity index (χ0) is 24.6. The number of carbonyl (C=O) groups is 2. The van der Waals surface area contributed by atoms with Gasteiger partial charge in [0, 0.05) is 40.6 Å². The van der Waals surface area contributed by atoms with E-state index in [-0.39, 0.29) is 34.6 Å². The largest absolute Gasteiger partial charge is 0.355 e. The Hall–Kier alpha value is -2.28. The van der Waals surface area contributed by atoms with E-state index in [0.717, 1.165) is 29.4 Å². The number of rotatable bonds is 5. The maximum atomic E-state index is 13.0. The van der Waals surface area contributed by atoms with Gasteiger partial charge in [-0.2, -0.15) is 0 Å². The number of aromatic amines is 1. The second-order valence-corrected chi connectivity index (χ2v) is 10.8. The van der Waals surface area contributed by atoms with E-state index in [9.17, 15) is 9.59 Å². The Morgan fingerprint density at radius 1 is 1.09 bits per heavy atom. The van der Waals surface area contributed by atoms with Crippen molar-refractivity contribution in [1.82, 2.24) is 20.5 Å². The molecule has 0 spiro atoms. The second kappa shape index (κ2) is 9.53. The zero-order valence-electron chi connectivity index (χ0n) is 20.0. The van der Waals surface area contributed by atoms with Gasteiger partial charge in [-0.05, 0) is 77.9 Å². The van der Waals surface area contributed by atoms with Gasteiger partial charge in [0.15, 0.2) is 0 Å². The molecule has 2 heterocycles. The van der Waals surface area contributed by atoms with Gasteiger partial charge in [0.05, 0.1) is 10.0 Å².